The monoisotopic (exact) mass is 636 g/mol. The molecule has 2 saturated heterocycles. The van der Waals surface area contributed by atoms with Crippen molar-refractivity contribution in [1.29, 1.82) is 0 Å². The molecule has 2 heterocycles. The normalized spacial score (nSPS) is 39.5. The second-order valence-electron chi connectivity index (χ2n) is 11.2. The van der Waals surface area contributed by atoms with Crippen molar-refractivity contribution < 1.29 is 69.0 Å². The van der Waals surface area contributed by atoms with Crippen LogP contribution < -0.4 is 10.6 Å². The van der Waals surface area contributed by atoms with E-state index in [0.29, 0.717) is 12.8 Å². The number of esters is 1. The van der Waals surface area contributed by atoms with Crippen molar-refractivity contribution in [3.8, 4) is 0 Å². The molecule has 1 unspecified atom stereocenters. The minimum atomic E-state index is -1.80. The predicted molar refractivity (Wildman–Crippen MR) is 150 cm³/mol. The molecule has 0 spiro atoms. The maximum atomic E-state index is 12.8. The SMILES string of the molecule is CCOC(=O)C1=C[C@@H](OC(CC)CC)[C@H](NC(C)=O)[C@@H](N[C@H]2O[C@@H](CO)[C@H](OC3O[C@@H](CO)[C@H](O)[C@H](O)[C@@H]3O)[C@H](O)[C@@H]2O)C1. The van der Waals surface area contributed by atoms with E-state index >= 15 is 0 Å². The summed E-state index contributed by atoms with van der Waals surface area (Å²) in [5, 5.41) is 78.2. The summed E-state index contributed by atoms with van der Waals surface area (Å²) in [4.78, 5) is 25.0. The van der Waals surface area contributed by atoms with Gasteiger partial charge in [-0.3, -0.25) is 10.1 Å². The van der Waals surface area contributed by atoms with Crippen LogP contribution in [-0.4, -0.2) is 153 Å². The Morgan fingerprint density at radius 3 is 2.16 bits per heavy atom. The third-order valence-electron chi connectivity index (χ3n) is 8.14. The number of rotatable bonds is 13. The molecule has 0 aromatic rings. The lowest BCUT2D eigenvalue weighted by Gasteiger charge is -2.47. The highest BCUT2D eigenvalue weighted by molar-refractivity contribution is 5.89. The molecule has 0 aromatic heterocycles. The highest BCUT2D eigenvalue weighted by Gasteiger charge is 2.51. The highest BCUT2D eigenvalue weighted by Crippen LogP contribution is 2.31. The van der Waals surface area contributed by atoms with Gasteiger partial charge in [-0.25, -0.2) is 4.79 Å². The summed E-state index contributed by atoms with van der Waals surface area (Å²) in [6.07, 6.45) is -13.7. The first-order valence-corrected chi connectivity index (χ1v) is 15.0. The molecule has 44 heavy (non-hydrogen) atoms. The molecule has 1 aliphatic carbocycles. The van der Waals surface area contributed by atoms with E-state index in [0.717, 1.165) is 0 Å². The van der Waals surface area contributed by atoms with Crippen LogP contribution in [0.3, 0.4) is 0 Å². The molecule has 16 nitrogen and oxygen atoms in total. The third-order valence-corrected chi connectivity index (χ3v) is 8.14. The molecule has 1 amide bonds. The van der Waals surface area contributed by atoms with Crippen molar-refractivity contribution in [2.45, 2.75) is 133 Å². The largest absolute Gasteiger partial charge is 0.463 e. The zero-order chi connectivity index (χ0) is 32.7. The zero-order valence-electron chi connectivity index (χ0n) is 25.4. The Morgan fingerprint density at radius 2 is 1.59 bits per heavy atom. The second-order valence-corrected chi connectivity index (χ2v) is 11.2. The Bertz CT molecular complexity index is 963. The fraction of sp³-hybridized carbons (Fsp3) is 0.857. The summed E-state index contributed by atoms with van der Waals surface area (Å²) in [5.41, 5.74) is 0.273. The van der Waals surface area contributed by atoms with E-state index in [2.05, 4.69) is 10.6 Å². The number of nitrogens with one attached hydrogen (secondary N) is 2. The van der Waals surface area contributed by atoms with Crippen LogP contribution in [0.25, 0.3) is 0 Å². The molecule has 3 rings (SSSR count). The molecule has 2 fully saturated rings. The molecule has 9 N–H and O–H groups in total. The van der Waals surface area contributed by atoms with E-state index in [-0.39, 0.29) is 30.6 Å². The highest BCUT2D eigenvalue weighted by atomic mass is 16.7. The predicted octanol–water partition coefficient (Wildman–Crippen LogP) is -3.46. The lowest BCUT2D eigenvalue weighted by atomic mass is 9.86. The molecule has 13 atom stereocenters. The van der Waals surface area contributed by atoms with Gasteiger partial charge in [0.2, 0.25) is 5.91 Å². The van der Waals surface area contributed by atoms with Gasteiger partial charge in [0.25, 0.3) is 0 Å². The van der Waals surface area contributed by atoms with Crippen LogP contribution in [0.15, 0.2) is 11.6 Å². The molecule has 2 aliphatic heterocycles. The quantitative estimate of drug-likeness (QED) is 0.0892. The Kier molecular flexibility index (Phi) is 13.9. The fourth-order valence-corrected chi connectivity index (χ4v) is 5.68. The summed E-state index contributed by atoms with van der Waals surface area (Å²) in [6, 6.07) is -1.52. The van der Waals surface area contributed by atoms with Gasteiger partial charge in [0.15, 0.2) is 6.29 Å². The first-order valence-electron chi connectivity index (χ1n) is 15.0. The molecule has 0 radical (unpaired) electrons. The minimum absolute atomic E-state index is 0.0316. The number of hydrogen-bond donors (Lipinski definition) is 9. The van der Waals surface area contributed by atoms with Crippen molar-refractivity contribution >= 4 is 11.9 Å². The van der Waals surface area contributed by atoms with Crippen LogP contribution in [0.5, 0.6) is 0 Å². The Labute approximate surface area is 255 Å². The van der Waals surface area contributed by atoms with E-state index < -0.39 is 98.7 Å². The van der Waals surface area contributed by atoms with Crippen molar-refractivity contribution in [3.63, 3.8) is 0 Å². The molecule has 0 aromatic carbocycles. The molecule has 0 saturated carbocycles. The standard InChI is InChI=1S/C28H48N2O14/c1-5-14(6-2)41-16-9-13(27(39)40-7-3)8-15(19(16)29-12(4)33)30-26-23(37)22(36)25(18(11-32)42-26)44-28-24(38)21(35)20(34)17(10-31)43-28/h9,14-26,28,30-32,34-38H,5-8,10-11H2,1-4H3,(H,29,33)/t15-,16+,17-,18-,19+,20-,21-,22+,23-,24-,25-,26-,28?/m0/s1. The molecule has 16 heteroatoms. The Hall–Kier alpha value is -1.80. The van der Waals surface area contributed by atoms with E-state index in [1.165, 1.54) is 6.92 Å². The molecule has 254 valence electrons. The van der Waals surface area contributed by atoms with Crippen molar-refractivity contribution in [1.82, 2.24) is 10.6 Å². The van der Waals surface area contributed by atoms with Gasteiger partial charge in [-0.1, -0.05) is 13.8 Å². The Morgan fingerprint density at radius 1 is 0.932 bits per heavy atom. The third kappa shape index (κ3) is 8.51. The van der Waals surface area contributed by atoms with Crippen molar-refractivity contribution in [2.24, 2.45) is 0 Å². The number of aliphatic hydroxyl groups excluding tert-OH is 7. The topological polar surface area (TPSA) is 246 Å². The van der Waals surface area contributed by atoms with E-state index in [4.69, 9.17) is 23.7 Å². The molecule has 3 aliphatic rings. The van der Waals surface area contributed by atoms with Gasteiger partial charge in [0, 0.05) is 18.5 Å². The van der Waals surface area contributed by atoms with Crippen LogP contribution in [0.4, 0.5) is 0 Å². The van der Waals surface area contributed by atoms with Crippen molar-refractivity contribution in [3.05, 3.63) is 11.6 Å². The van der Waals surface area contributed by atoms with Crippen LogP contribution in [-0.2, 0) is 33.3 Å². The van der Waals surface area contributed by atoms with E-state index in [1.807, 2.05) is 13.8 Å². The molecular weight excluding hydrogens is 588 g/mol. The Balaban J connectivity index is 1.84. The average Bonchev–Trinajstić information content (AvgIpc) is 3.00. The number of ether oxygens (including phenoxy) is 5. The van der Waals surface area contributed by atoms with Crippen LogP contribution >= 0.6 is 0 Å². The van der Waals surface area contributed by atoms with Crippen molar-refractivity contribution in [2.75, 3.05) is 19.8 Å². The van der Waals surface area contributed by atoms with Gasteiger partial charge in [-0.05, 0) is 32.3 Å². The summed E-state index contributed by atoms with van der Waals surface area (Å²) in [7, 11) is 0. The van der Waals surface area contributed by atoms with Gasteiger partial charge in [0.1, 0.15) is 55.1 Å². The van der Waals surface area contributed by atoms with Crippen LogP contribution in [0.1, 0.15) is 47.0 Å². The van der Waals surface area contributed by atoms with Crippen LogP contribution in [0.2, 0.25) is 0 Å². The second kappa shape index (κ2) is 16.7. The maximum absolute atomic E-state index is 12.8. The van der Waals surface area contributed by atoms with E-state index in [9.17, 15) is 45.3 Å². The smallest absolute Gasteiger partial charge is 0.333 e. The number of aliphatic hydroxyl groups is 7. The summed E-state index contributed by atoms with van der Waals surface area (Å²) in [6.45, 7) is 5.58. The first kappa shape index (κ1) is 36.7. The van der Waals surface area contributed by atoms with Gasteiger partial charge in [-0.2, -0.15) is 0 Å². The van der Waals surface area contributed by atoms with Gasteiger partial charge < -0.3 is 64.7 Å². The summed E-state index contributed by atoms with van der Waals surface area (Å²) >= 11 is 0. The minimum Gasteiger partial charge on any atom is -0.463 e. The zero-order valence-corrected chi connectivity index (χ0v) is 25.4. The fourth-order valence-electron chi connectivity index (χ4n) is 5.68. The van der Waals surface area contributed by atoms with Gasteiger partial charge >= 0.3 is 5.97 Å². The number of amides is 1. The number of carbonyl (C=O) groups excluding carboxylic acids is 2. The summed E-state index contributed by atoms with van der Waals surface area (Å²) < 4.78 is 28.3. The van der Waals surface area contributed by atoms with Crippen LogP contribution in [0, 0.1) is 0 Å². The lowest BCUT2D eigenvalue weighted by molar-refractivity contribution is -0.343. The van der Waals surface area contributed by atoms with Gasteiger partial charge in [0.05, 0.1) is 38.1 Å². The summed E-state index contributed by atoms with van der Waals surface area (Å²) in [5.74, 6) is -0.954. The lowest BCUT2D eigenvalue weighted by Crippen LogP contribution is -2.69. The average molecular weight is 637 g/mol. The molecule has 0 bridgehead atoms. The maximum Gasteiger partial charge on any atom is 0.333 e. The van der Waals surface area contributed by atoms with Gasteiger partial charge in [-0.15, -0.1) is 0 Å². The first-order chi connectivity index (χ1) is 20.9. The molecular formula is C28H48N2O14. The van der Waals surface area contributed by atoms with E-state index in [1.54, 1.807) is 13.0 Å². The number of carbonyl (C=O) groups is 2. The number of hydrogen-bond acceptors (Lipinski definition) is 15.